The van der Waals surface area contributed by atoms with Crippen molar-refractivity contribution < 1.29 is 5.11 Å². The van der Waals surface area contributed by atoms with Crippen LogP contribution in [0.15, 0.2) is 42.6 Å². The fourth-order valence-electron chi connectivity index (χ4n) is 2.22. The van der Waals surface area contributed by atoms with Gasteiger partial charge in [0.05, 0.1) is 6.61 Å². The van der Waals surface area contributed by atoms with Gasteiger partial charge in [-0.15, -0.1) is 0 Å². The van der Waals surface area contributed by atoms with E-state index in [4.69, 9.17) is 5.11 Å². The molecule has 1 aromatic carbocycles. The molecule has 6 heteroatoms. The highest BCUT2D eigenvalue weighted by molar-refractivity contribution is 5.92. The molecule has 0 radical (unpaired) electrons. The third kappa shape index (κ3) is 3.12. The summed E-state index contributed by atoms with van der Waals surface area (Å²) in [6, 6.07) is 11.8. The molecule has 0 unspecified atom stereocenters. The number of pyridine rings is 1. The molecule has 0 aliphatic heterocycles. The Labute approximate surface area is 128 Å². The molecule has 112 valence electrons. The molecule has 0 saturated carbocycles. The second-order valence-corrected chi connectivity index (χ2v) is 4.87. The molecule has 2 heterocycles. The number of nitrogens with zero attached hydrogens (tertiary/aromatic N) is 3. The fraction of sp³-hybridized carbons (Fsp3) is 0.188. The summed E-state index contributed by atoms with van der Waals surface area (Å²) in [6.45, 7) is 2.40. The molecule has 0 aliphatic carbocycles. The van der Waals surface area contributed by atoms with Crippen LogP contribution in [0.3, 0.4) is 0 Å². The highest BCUT2D eigenvalue weighted by Crippen LogP contribution is 2.23. The van der Waals surface area contributed by atoms with E-state index in [1.165, 1.54) is 0 Å². The average Bonchev–Trinajstić information content (AvgIpc) is 2.53. The highest BCUT2D eigenvalue weighted by atomic mass is 16.3. The predicted octanol–water partition coefficient (Wildman–Crippen LogP) is 2.48. The summed E-state index contributed by atoms with van der Waals surface area (Å²) in [5.74, 6) is 1.87. The molecule has 0 aliphatic rings. The quantitative estimate of drug-likeness (QED) is 0.671. The van der Waals surface area contributed by atoms with Crippen molar-refractivity contribution in [3.63, 3.8) is 0 Å². The molecule has 22 heavy (non-hydrogen) atoms. The van der Waals surface area contributed by atoms with E-state index in [1.54, 1.807) is 6.20 Å². The summed E-state index contributed by atoms with van der Waals surface area (Å²) in [6.07, 6.45) is 1.76. The molecule has 3 aromatic rings. The number of benzene rings is 1. The number of fused-ring (bicyclic) bond motifs is 1. The standard InChI is InChI=1S/C16H17N5O/c1-11-10-14(17-8-9-22)20-16(19-11)21-15-13-5-3-2-4-12(13)6-7-18-15/h2-7,10,22H,8-9H2,1H3,(H2,17,18,19,20,21). The van der Waals surface area contributed by atoms with Gasteiger partial charge in [-0.3, -0.25) is 0 Å². The van der Waals surface area contributed by atoms with Gasteiger partial charge in [-0.2, -0.15) is 4.98 Å². The monoisotopic (exact) mass is 295 g/mol. The van der Waals surface area contributed by atoms with Gasteiger partial charge >= 0.3 is 0 Å². The normalized spacial score (nSPS) is 10.6. The van der Waals surface area contributed by atoms with Crippen molar-refractivity contribution in [2.45, 2.75) is 6.92 Å². The lowest BCUT2D eigenvalue weighted by atomic mass is 10.1. The number of rotatable bonds is 5. The maximum absolute atomic E-state index is 8.89. The van der Waals surface area contributed by atoms with Crippen LogP contribution in [0.1, 0.15) is 5.69 Å². The van der Waals surface area contributed by atoms with Crippen LogP contribution in [-0.4, -0.2) is 33.2 Å². The van der Waals surface area contributed by atoms with E-state index in [0.29, 0.717) is 18.3 Å². The lowest BCUT2D eigenvalue weighted by Gasteiger charge is -2.10. The van der Waals surface area contributed by atoms with Gasteiger partial charge in [-0.25, -0.2) is 9.97 Å². The molecule has 3 N–H and O–H groups in total. The SMILES string of the molecule is Cc1cc(NCCO)nc(Nc2nccc3ccccc23)n1. The molecular weight excluding hydrogens is 278 g/mol. The Balaban J connectivity index is 1.93. The van der Waals surface area contributed by atoms with Crippen molar-refractivity contribution in [2.75, 3.05) is 23.8 Å². The van der Waals surface area contributed by atoms with Crippen LogP contribution >= 0.6 is 0 Å². The Kier molecular flexibility index (Phi) is 4.11. The fourth-order valence-corrected chi connectivity index (χ4v) is 2.22. The first-order valence-electron chi connectivity index (χ1n) is 7.07. The van der Waals surface area contributed by atoms with Crippen LogP contribution in [0, 0.1) is 6.92 Å². The predicted molar refractivity (Wildman–Crippen MR) is 87.4 cm³/mol. The number of aromatic nitrogens is 3. The molecule has 2 aromatic heterocycles. The number of nitrogens with one attached hydrogen (secondary N) is 2. The Morgan fingerprint density at radius 1 is 1.14 bits per heavy atom. The summed E-state index contributed by atoms with van der Waals surface area (Å²) in [7, 11) is 0. The maximum Gasteiger partial charge on any atom is 0.230 e. The minimum atomic E-state index is 0.0523. The first-order valence-corrected chi connectivity index (χ1v) is 7.07. The van der Waals surface area contributed by atoms with Crippen LogP contribution in [0.4, 0.5) is 17.6 Å². The smallest absolute Gasteiger partial charge is 0.230 e. The third-order valence-electron chi connectivity index (χ3n) is 3.18. The van der Waals surface area contributed by atoms with E-state index in [1.807, 2.05) is 43.3 Å². The van der Waals surface area contributed by atoms with Crippen molar-refractivity contribution in [3.8, 4) is 0 Å². The number of anilines is 3. The second kappa shape index (κ2) is 6.36. The van der Waals surface area contributed by atoms with E-state index < -0.39 is 0 Å². The molecule has 0 saturated heterocycles. The van der Waals surface area contributed by atoms with Gasteiger partial charge in [0.15, 0.2) is 0 Å². The molecule has 0 spiro atoms. The molecule has 0 amide bonds. The van der Waals surface area contributed by atoms with Gasteiger partial charge in [-0.1, -0.05) is 24.3 Å². The summed E-state index contributed by atoms with van der Waals surface area (Å²) in [5, 5.41) is 17.2. The van der Waals surface area contributed by atoms with E-state index in [9.17, 15) is 0 Å². The largest absolute Gasteiger partial charge is 0.395 e. The van der Waals surface area contributed by atoms with Crippen LogP contribution < -0.4 is 10.6 Å². The summed E-state index contributed by atoms with van der Waals surface area (Å²) in [5.41, 5.74) is 0.832. The van der Waals surface area contributed by atoms with Gasteiger partial charge in [0.2, 0.25) is 5.95 Å². The van der Waals surface area contributed by atoms with Crippen LogP contribution in [-0.2, 0) is 0 Å². The Bertz CT molecular complexity index is 785. The molecule has 0 atom stereocenters. The zero-order valence-corrected chi connectivity index (χ0v) is 12.2. The van der Waals surface area contributed by atoms with Crippen molar-refractivity contribution in [1.29, 1.82) is 0 Å². The van der Waals surface area contributed by atoms with Crippen molar-refractivity contribution >= 4 is 28.4 Å². The Morgan fingerprint density at radius 2 is 2.00 bits per heavy atom. The van der Waals surface area contributed by atoms with E-state index in [0.717, 1.165) is 22.3 Å². The Hall–Kier alpha value is -2.73. The minimum absolute atomic E-state index is 0.0523. The number of aryl methyl sites for hydroxylation is 1. The van der Waals surface area contributed by atoms with Crippen molar-refractivity contribution in [3.05, 3.63) is 48.3 Å². The number of hydrogen-bond donors (Lipinski definition) is 3. The summed E-state index contributed by atoms with van der Waals surface area (Å²) >= 11 is 0. The zero-order chi connectivity index (χ0) is 15.4. The van der Waals surface area contributed by atoms with Crippen LogP contribution in [0.2, 0.25) is 0 Å². The highest BCUT2D eigenvalue weighted by Gasteiger charge is 2.06. The lowest BCUT2D eigenvalue weighted by molar-refractivity contribution is 0.311. The first-order chi connectivity index (χ1) is 10.8. The van der Waals surface area contributed by atoms with Crippen LogP contribution in [0.25, 0.3) is 10.8 Å². The number of aliphatic hydroxyl groups excluding tert-OH is 1. The molecule has 0 bridgehead atoms. The van der Waals surface area contributed by atoms with Gasteiger partial charge in [0.25, 0.3) is 0 Å². The maximum atomic E-state index is 8.89. The number of aliphatic hydroxyl groups is 1. The molecule has 3 rings (SSSR count). The molecule has 0 fully saturated rings. The van der Waals surface area contributed by atoms with E-state index >= 15 is 0 Å². The summed E-state index contributed by atoms with van der Waals surface area (Å²) in [4.78, 5) is 13.1. The topological polar surface area (TPSA) is 83.0 Å². The van der Waals surface area contributed by atoms with Crippen molar-refractivity contribution in [1.82, 2.24) is 15.0 Å². The zero-order valence-electron chi connectivity index (χ0n) is 12.2. The van der Waals surface area contributed by atoms with Gasteiger partial charge in [0.1, 0.15) is 11.6 Å². The average molecular weight is 295 g/mol. The first kappa shape index (κ1) is 14.2. The second-order valence-electron chi connectivity index (χ2n) is 4.87. The van der Waals surface area contributed by atoms with Crippen LogP contribution in [0.5, 0.6) is 0 Å². The van der Waals surface area contributed by atoms with E-state index in [2.05, 4.69) is 25.6 Å². The van der Waals surface area contributed by atoms with Crippen molar-refractivity contribution in [2.24, 2.45) is 0 Å². The third-order valence-corrected chi connectivity index (χ3v) is 3.18. The molecule has 6 nitrogen and oxygen atoms in total. The van der Waals surface area contributed by atoms with Gasteiger partial charge < -0.3 is 15.7 Å². The lowest BCUT2D eigenvalue weighted by Crippen LogP contribution is -2.09. The van der Waals surface area contributed by atoms with E-state index in [-0.39, 0.29) is 6.61 Å². The Morgan fingerprint density at radius 3 is 2.86 bits per heavy atom. The number of hydrogen-bond acceptors (Lipinski definition) is 6. The molecular formula is C16H17N5O. The minimum Gasteiger partial charge on any atom is -0.395 e. The van der Waals surface area contributed by atoms with Gasteiger partial charge in [0, 0.05) is 29.9 Å². The summed E-state index contributed by atoms with van der Waals surface area (Å²) < 4.78 is 0. The van der Waals surface area contributed by atoms with Gasteiger partial charge in [-0.05, 0) is 18.4 Å².